The quantitative estimate of drug-likeness (QED) is 0.734. The Labute approximate surface area is 157 Å². The Kier molecular flexibility index (Phi) is 7.20. The van der Waals surface area contributed by atoms with Crippen LogP contribution in [0.2, 0.25) is 0 Å². The van der Waals surface area contributed by atoms with E-state index in [1.165, 1.54) is 4.31 Å². The molecule has 0 aromatic heterocycles. The van der Waals surface area contributed by atoms with Gasteiger partial charge < -0.3 is 10.1 Å². The fraction of sp³-hybridized carbons (Fsp3) is 0.632. The van der Waals surface area contributed by atoms with Crippen LogP contribution in [0.3, 0.4) is 0 Å². The number of piperidine rings is 1. The summed E-state index contributed by atoms with van der Waals surface area (Å²) in [6.45, 7) is 7.61. The van der Waals surface area contributed by atoms with Gasteiger partial charge in [0, 0.05) is 39.3 Å². The lowest BCUT2D eigenvalue weighted by molar-refractivity contribution is -0.126. The number of hydrogen-bond donors (Lipinski definition) is 1. The van der Waals surface area contributed by atoms with Crippen LogP contribution in [0.15, 0.2) is 17.0 Å². The van der Waals surface area contributed by atoms with Crippen molar-refractivity contribution in [3.8, 4) is 0 Å². The maximum absolute atomic E-state index is 13.1. The molecule has 1 saturated heterocycles. The largest absolute Gasteiger partial charge is 0.385 e. The minimum atomic E-state index is -3.53. The van der Waals surface area contributed by atoms with Crippen molar-refractivity contribution in [3.63, 3.8) is 0 Å². The molecule has 0 radical (unpaired) electrons. The molecule has 1 amide bonds. The second-order valence-electron chi connectivity index (χ2n) is 7.04. The molecule has 26 heavy (non-hydrogen) atoms. The molecule has 6 nitrogen and oxygen atoms in total. The van der Waals surface area contributed by atoms with Gasteiger partial charge in [0.05, 0.1) is 4.90 Å². The number of amides is 1. The van der Waals surface area contributed by atoms with Crippen molar-refractivity contribution < 1.29 is 17.9 Å². The first-order chi connectivity index (χ1) is 12.3. The third kappa shape index (κ3) is 4.84. The smallest absolute Gasteiger partial charge is 0.243 e. The highest BCUT2D eigenvalue weighted by atomic mass is 32.2. The predicted molar refractivity (Wildman–Crippen MR) is 102 cm³/mol. The number of nitrogens with one attached hydrogen (secondary N) is 1. The molecular formula is C19H30N2O4S. The van der Waals surface area contributed by atoms with Crippen LogP contribution < -0.4 is 5.32 Å². The minimum Gasteiger partial charge on any atom is -0.385 e. The molecule has 1 aromatic rings. The third-order valence-electron chi connectivity index (χ3n) is 4.85. The summed E-state index contributed by atoms with van der Waals surface area (Å²) in [4.78, 5) is 12.6. The molecule has 0 aliphatic carbocycles. The number of sulfonamides is 1. The summed E-state index contributed by atoms with van der Waals surface area (Å²) in [5, 5.41) is 2.91. The number of carbonyl (C=O) groups is 1. The van der Waals surface area contributed by atoms with E-state index in [0.717, 1.165) is 23.1 Å². The van der Waals surface area contributed by atoms with Gasteiger partial charge in [-0.05, 0) is 51.2 Å². The zero-order valence-corrected chi connectivity index (χ0v) is 17.0. The van der Waals surface area contributed by atoms with E-state index in [1.807, 2.05) is 32.9 Å². The third-order valence-corrected chi connectivity index (χ3v) is 7.06. The summed E-state index contributed by atoms with van der Waals surface area (Å²) in [6.07, 6.45) is 1.89. The number of hydrogen-bond acceptors (Lipinski definition) is 4. The highest BCUT2D eigenvalue weighted by Crippen LogP contribution is 2.28. The van der Waals surface area contributed by atoms with E-state index in [9.17, 15) is 13.2 Å². The van der Waals surface area contributed by atoms with Crippen LogP contribution in [-0.4, -0.2) is 52.0 Å². The SMILES string of the molecule is COCCCNC(=O)C1CCN(S(=O)(=O)c2c(C)cc(C)cc2C)CC1. The molecule has 1 fully saturated rings. The van der Waals surface area contributed by atoms with E-state index >= 15 is 0 Å². The monoisotopic (exact) mass is 382 g/mol. The Hall–Kier alpha value is -1.44. The number of aryl methyl sites for hydroxylation is 3. The van der Waals surface area contributed by atoms with Crippen molar-refractivity contribution in [1.82, 2.24) is 9.62 Å². The fourth-order valence-electron chi connectivity index (χ4n) is 3.63. The number of ether oxygens (including phenoxy) is 1. The number of benzene rings is 1. The average molecular weight is 383 g/mol. The first-order valence-electron chi connectivity index (χ1n) is 9.12. The highest BCUT2D eigenvalue weighted by Gasteiger charge is 2.33. The lowest BCUT2D eigenvalue weighted by Gasteiger charge is -2.31. The first-order valence-corrected chi connectivity index (χ1v) is 10.6. The Morgan fingerprint density at radius 2 is 1.77 bits per heavy atom. The zero-order valence-electron chi connectivity index (χ0n) is 16.2. The van der Waals surface area contributed by atoms with E-state index in [2.05, 4.69) is 5.32 Å². The van der Waals surface area contributed by atoms with Crippen LogP contribution >= 0.6 is 0 Å². The zero-order chi connectivity index (χ0) is 19.3. The molecule has 0 unspecified atom stereocenters. The Balaban J connectivity index is 2.00. The maximum Gasteiger partial charge on any atom is 0.243 e. The number of methoxy groups -OCH3 is 1. The molecule has 1 aromatic carbocycles. The van der Waals surface area contributed by atoms with Crippen molar-refractivity contribution in [2.75, 3.05) is 33.4 Å². The molecule has 1 aliphatic heterocycles. The predicted octanol–water partition coefficient (Wildman–Crippen LogP) is 2.17. The number of rotatable bonds is 7. The van der Waals surface area contributed by atoms with Crippen LogP contribution in [0.4, 0.5) is 0 Å². The van der Waals surface area contributed by atoms with Crippen molar-refractivity contribution in [1.29, 1.82) is 0 Å². The van der Waals surface area contributed by atoms with Gasteiger partial charge in [0.1, 0.15) is 0 Å². The summed E-state index contributed by atoms with van der Waals surface area (Å²) in [6, 6.07) is 3.81. The van der Waals surface area contributed by atoms with Gasteiger partial charge in [-0.1, -0.05) is 17.7 Å². The lowest BCUT2D eigenvalue weighted by atomic mass is 9.97. The molecule has 0 spiro atoms. The molecule has 1 N–H and O–H groups in total. The van der Waals surface area contributed by atoms with Crippen molar-refractivity contribution in [2.45, 2.75) is 44.9 Å². The van der Waals surface area contributed by atoms with Gasteiger partial charge in [-0.2, -0.15) is 4.31 Å². The molecule has 0 saturated carbocycles. The fourth-order valence-corrected chi connectivity index (χ4v) is 5.51. The van der Waals surface area contributed by atoms with Crippen LogP contribution in [0, 0.1) is 26.7 Å². The Morgan fingerprint density at radius 1 is 1.19 bits per heavy atom. The molecule has 0 bridgehead atoms. The van der Waals surface area contributed by atoms with Crippen LogP contribution in [-0.2, 0) is 19.6 Å². The van der Waals surface area contributed by atoms with Gasteiger partial charge in [0.2, 0.25) is 15.9 Å². The standard InChI is InChI=1S/C19H30N2O4S/c1-14-12-15(2)18(16(3)13-14)26(23,24)21-9-6-17(7-10-21)19(22)20-8-5-11-25-4/h12-13,17H,5-11H2,1-4H3,(H,20,22). The Bertz CT molecular complexity index is 715. The van der Waals surface area contributed by atoms with E-state index < -0.39 is 10.0 Å². The van der Waals surface area contributed by atoms with Gasteiger partial charge in [-0.25, -0.2) is 8.42 Å². The second-order valence-corrected chi connectivity index (χ2v) is 8.92. The number of carbonyl (C=O) groups excluding carboxylic acids is 1. The van der Waals surface area contributed by atoms with Gasteiger partial charge >= 0.3 is 0 Å². The lowest BCUT2D eigenvalue weighted by Crippen LogP contribution is -2.43. The molecule has 7 heteroatoms. The van der Waals surface area contributed by atoms with E-state index in [0.29, 0.717) is 44.0 Å². The van der Waals surface area contributed by atoms with E-state index in [1.54, 1.807) is 7.11 Å². The minimum absolute atomic E-state index is 0.0147. The van der Waals surface area contributed by atoms with Crippen molar-refractivity contribution in [2.24, 2.45) is 5.92 Å². The van der Waals surface area contributed by atoms with Crippen molar-refractivity contribution in [3.05, 3.63) is 28.8 Å². The van der Waals surface area contributed by atoms with Gasteiger partial charge in [0.15, 0.2) is 0 Å². The summed E-state index contributed by atoms with van der Waals surface area (Å²) in [7, 11) is -1.89. The van der Waals surface area contributed by atoms with Crippen LogP contribution in [0.5, 0.6) is 0 Å². The van der Waals surface area contributed by atoms with E-state index in [4.69, 9.17) is 4.74 Å². The van der Waals surface area contributed by atoms with Crippen LogP contribution in [0.25, 0.3) is 0 Å². The summed E-state index contributed by atoms with van der Waals surface area (Å²) < 4.78 is 32.6. The molecule has 2 rings (SSSR count). The maximum atomic E-state index is 13.1. The van der Waals surface area contributed by atoms with Crippen molar-refractivity contribution >= 4 is 15.9 Å². The van der Waals surface area contributed by atoms with Gasteiger partial charge in [-0.15, -0.1) is 0 Å². The second kappa shape index (κ2) is 8.97. The molecule has 146 valence electrons. The summed E-state index contributed by atoms with van der Waals surface area (Å²) >= 11 is 0. The van der Waals surface area contributed by atoms with Crippen LogP contribution in [0.1, 0.15) is 36.0 Å². The highest BCUT2D eigenvalue weighted by molar-refractivity contribution is 7.89. The summed E-state index contributed by atoms with van der Waals surface area (Å²) in [5.74, 6) is -0.106. The van der Waals surface area contributed by atoms with Gasteiger partial charge in [0.25, 0.3) is 0 Å². The first kappa shape index (κ1) is 20.9. The molecular weight excluding hydrogens is 352 g/mol. The normalized spacial score (nSPS) is 16.6. The molecule has 1 heterocycles. The Morgan fingerprint density at radius 3 is 2.31 bits per heavy atom. The molecule has 1 aliphatic rings. The average Bonchev–Trinajstić information content (AvgIpc) is 2.57. The summed E-state index contributed by atoms with van der Waals surface area (Å²) in [5.41, 5.74) is 2.61. The topological polar surface area (TPSA) is 75.7 Å². The van der Waals surface area contributed by atoms with Gasteiger partial charge in [-0.3, -0.25) is 4.79 Å². The van der Waals surface area contributed by atoms with E-state index in [-0.39, 0.29) is 11.8 Å². The number of nitrogens with zero attached hydrogens (tertiary/aromatic N) is 1. The molecule has 0 atom stereocenters.